The number of para-hydroxylation sites is 1. The van der Waals surface area contributed by atoms with Gasteiger partial charge < -0.3 is 49.9 Å². The number of ketones is 1. The first-order chi connectivity index (χ1) is 18.6. The van der Waals surface area contributed by atoms with Crippen LogP contribution in [0, 0.1) is 5.92 Å². The topological polar surface area (TPSA) is 224 Å². The number of hydrogen-bond donors (Lipinski definition) is 9. The predicted octanol–water partition coefficient (Wildman–Crippen LogP) is -1.78. The minimum Gasteiger partial charge on any atom is -0.455 e. The average molecular weight is 580 g/mol. The number of esters is 1. The average Bonchev–Trinajstić information content (AvgIpc) is 3.24. The summed E-state index contributed by atoms with van der Waals surface area (Å²) in [5.74, 6) is -0.225. The van der Waals surface area contributed by atoms with Gasteiger partial charge in [0.1, 0.15) is 11.8 Å². The van der Waals surface area contributed by atoms with Gasteiger partial charge in [-0.15, -0.1) is 0 Å². The number of aromatic nitrogens is 1. The molecule has 4 aliphatic heterocycles. The van der Waals surface area contributed by atoms with Crippen molar-refractivity contribution < 1.29 is 71.8 Å². The number of aromatic amines is 1. The molecule has 13 nitrogen and oxygen atoms in total. The zero-order valence-electron chi connectivity index (χ0n) is 20.8. The summed E-state index contributed by atoms with van der Waals surface area (Å²) in [6.45, 7) is 0.542. The molecule has 5 unspecified atom stereocenters. The molecule has 4 saturated heterocycles. The van der Waals surface area contributed by atoms with Gasteiger partial charge in [-0.1, -0.05) is 24.6 Å². The summed E-state index contributed by atoms with van der Waals surface area (Å²) in [5, 5.41) is 56.5. The Kier molecular flexibility index (Phi) is 15.4. The Morgan fingerprint density at radius 3 is 1.95 bits per heavy atom. The Morgan fingerprint density at radius 1 is 0.900 bits per heavy atom. The molecule has 0 aliphatic carbocycles. The molecule has 4 bridgehead atoms. The van der Waals surface area contributed by atoms with Gasteiger partial charge in [0.05, 0.1) is 12.5 Å². The molecule has 5 heterocycles. The van der Waals surface area contributed by atoms with Gasteiger partial charge in [-0.05, 0) is 31.4 Å². The first kappa shape index (κ1) is 35.5. The third-order valence-corrected chi connectivity index (χ3v) is 5.98. The fraction of sp³-hybridized carbons (Fsp3) is 0.474. The van der Waals surface area contributed by atoms with Crippen LogP contribution < -0.4 is 0 Å². The second-order valence-corrected chi connectivity index (χ2v) is 8.52. The van der Waals surface area contributed by atoms with Crippen molar-refractivity contribution >= 4 is 52.2 Å². The third-order valence-electron chi connectivity index (χ3n) is 5.98. The molecule has 21 heteroatoms. The van der Waals surface area contributed by atoms with Crippen molar-refractivity contribution in [1.82, 2.24) is 9.88 Å². The van der Waals surface area contributed by atoms with E-state index in [0.717, 1.165) is 30.2 Å². The lowest BCUT2D eigenvalue weighted by molar-refractivity contribution is -0.160. The van der Waals surface area contributed by atoms with Gasteiger partial charge in [-0.3, -0.25) is 27.0 Å². The number of H-pyrrole nitrogens is 1. The molecule has 0 saturated carbocycles. The van der Waals surface area contributed by atoms with E-state index in [1.165, 1.54) is 6.42 Å². The highest BCUT2D eigenvalue weighted by Gasteiger charge is 2.54. The number of hydrogen-bond acceptors (Lipinski definition) is 12. The predicted molar refractivity (Wildman–Crippen MR) is 134 cm³/mol. The molecule has 0 spiro atoms. The Hall–Kier alpha value is -2.48. The smallest absolute Gasteiger partial charge is 0.455 e. The van der Waals surface area contributed by atoms with Crippen LogP contribution in [0.3, 0.4) is 0 Å². The summed E-state index contributed by atoms with van der Waals surface area (Å²) in [7, 11) is -10.7. The molecular formula is C19H28B4F4N2O11. The van der Waals surface area contributed by atoms with Crippen molar-refractivity contribution in [1.29, 1.82) is 0 Å². The van der Waals surface area contributed by atoms with Crippen molar-refractivity contribution in [2.45, 2.75) is 43.9 Å². The molecule has 0 amide bonds. The monoisotopic (exact) mass is 580 g/mol. The molecule has 0 radical (unpaired) electrons. The van der Waals surface area contributed by atoms with E-state index in [2.05, 4.69) is 9.88 Å². The number of nitrogens with one attached hydrogen (secondary N) is 1. The number of Topliss-reactive ketones (excluding diaryl/α,β-unsaturated/α-hetero) is 1. The molecule has 4 fully saturated rings. The van der Waals surface area contributed by atoms with Crippen LogP contribution in [0.4, 0.5) is 17.3 Å². The van der Waals surface area contributed by atoms with Crippen LogP contribution in [0.1, 0.15) is 36.2 Å². The number of nitrogens with zero attached hydrogens (tertiary/aromatic N) is 1. The normalized spacial score (nSPS) is 23.4. The van der Waals surface area contributed by atoms with Crippen LogP contribution in [-0.4, -0.2) is 116 Å². The van der Waals surface area contributed by atoms with E-state index in [9.17, 15) is 26.9 Å². The van der Waals surface area contributed by atoms with Gasteiger partial charge in [0.2, 0.25) is 0 Å². The largest absolute Gasteiger partial charge is 0.674 e. The van der Waals surface area contributed by atoms with Crippen LogP contribution in [-0.2, 0) is 9.53 Å². The standard InChI is InChI=1S/C19H20N2O3.4BFH2O2/c22-17-10-21-12-5-3-7-16(21)18(13(17)9-12)24-19(23)15-8-11-4-1-2-6-14(11)20-15;4*2-1(3)4/h1-2,4,6,8,12-13,16,18,20H,3,5,7,9-10H2;4*3-4H. The molecule has 4 aliphatic rings. The first-order valence-electron chi connectivity index (χ1n) is 11.7. The molecule has 1 aromatic heterocycles. The zero-order valence-corrected chi connectivity index (χ0v) is 20.8. The lowest BCUT2D eigenvalue weighted by Gasteiger charge is -2.55. The van der Waals surface area contributed by atoms with E-state index in [-0.39, 0.29) is 29.8 Å². The molecule has 1 aromatic carbocycles. The van der Waals surface area contributed by atoms with Gasteiger partial charge in [0.15, 0.2) is 5.78 Å². The summed E-state index contributed by atoms with van der Waals surface area (Å²) in [4.78, 5) is 30.4. The van der Waals surface area contributed by atoms with Crippen LogP contribution in [0.5, 0.6) is 0 Å². The number of carbonyl (C=O) groups excluding carboxylic acids is 2. The van der Waals surface area contributed by atoms with Crippen LogP contribution in [0.2, 0.25) is 0 Å². The Bertz CT molecular complexity index is 988. The van der Waals surface area contributed by atoms with E-state index in [1.807, 2.05) is 30.3 Å². The third kappa shape index (κ3) is 12.4. The van der Waals surface area contributed by atoms with Crippen molar-refractivity contribution in [3.63, 3.8) is 0 Å². The number of carbonyl (C=O) groups is 2. The van der Waals surface area contributed by atoms with E-state index in [4.69, 9.17) is 44.9 Å². The molecule has 6 rings (SSSR count). The number of ether oxygens (including phenoxy) is 1. The lowest BCUT2D eigenvalue weighted by atomic mass is 9.70. The maximum atomic E-state index is 12.6. The summed E-state index contributed by atoms with van der Waals surface area (Å²) in [5.41, 5.74) is 1.39. The van der Waals surface area contributed by atoms with Crippen LogP contribution >= 0.6 is 0 Å². The van der Waals surface area contributed by atoms with Gasteiger partial charge >= 0.3 is 35.6 Å². The zero-order chi connectivity index (χ0) is 30.6. The number of halogens is 4. The Labute approximate surface area is 226 Å². The Morgan fingerprint density at radius 2 is 1.43 bits per heavy atom. The van der Waals surface area contributed by atoms with Gasteiger partial charge in [-0.2, -0.15) is 0 Å². The highest BCUT2D eigenvalue weighted by atomic mass is 19.1. The summed E-state index contributed by atoms with van der Waals surface area (Å²) in [6.07, 6.45) is 3.91. The molecule has 2 aromatic rings. The number of piperidine rings is 4. The number of fused-ring (bicyclic) bond motifs is 2. The Balaban J connectivity index is 0.000000417. The molecular weight excluding hydrogens is 551 g/mol. The second kappa shape index (κ2) is 17.4. The fourth-order valence-electron chi connectivity index (χ4n) is 4.86. The SMILES string of the molecule is O=C(OC1C2CC3CCCC1N3CC2=O)c1cc2ccccc2[nH]1.OB(O)F.OB(O)F.OB(O)F.OB(O)F. The van der Waals surface area contributed by atoms with Gasteiger partial charge in [0, 0.05) is 23.0 Å². The number of rotatable bonds is 2. The quantitative estimate of drug-likeness (QED) is 0.109. The van der Waals surface area contributed by atoms with Gasteiger partial charge in [-0.25, -0.2) is 4.79 Å². The van der Waals surface area contributed by atoms with E-state index < -0.39 is 29.6 Å². The summed E-state index contributed by atoms with van der Waals surface area (Å²) >= 11 is 0. The van der Waals surface area contributed by atoms with Crippen LogP contribution in [0.15, 0.2) is 30.3 Å². The molecule has 9 N–H and O–H groups in total. The maximum absolute atomic E-state index is 12.6. The minimum atomic E-state index is -2.67. The number of benzene rings is 1. The van der Waals surface area contributed by atoms with Crippen LogP contribution in [0.25, 0.3) is 10.9 Å². The molecule has 5 atom stereocenters. The maximum Gasteiger partial charge on any atom is 0.674 e. The molecule has 220 valence electrons. The van der Waals surface area contributed by atoms with Crippen molar-refractivity contribution in [2.24, 2.45) is 5.92 Å². The molecule has 40 heavy (non-hydrogen) atoms. The highest BCUT2D eigenvalue weighted by Crippen LogP contribution is 2.43. The van der Waals surface area contributed by atoms with Crippen molar-refractivity contribution in [2.75, 3.05) is 6.54 Å². The van der Waals surface area contributed by atoms with Crippen molar-refractivity contribution in [3.05, 3.63) is 36.0 Å². The highest BCUT2D eigenvalue weighted by molar-refractivity contribution is 6.32. The summed E-state index contributed by atoms with van der Waals surface area (Å²) < 4.78 is 46.3. The first-order valence-corrected chi connectivity index (χ1v) is 11.7. The summed E-state index contributed by atoms with van der Waals surface area (Å²) in [6, 6.07) is 10.3. The van der Waals surface area contributed by atoms with E-state index >= 15 is 0 Å². The minimum absolute atomic E-state index is 0.112. The fourth-order valence-corrected chi connectivity index (χ4v) is 4.86. The van der Waals surface area contributed by atoms with Gasteiger partial charge in [0.25, 0.3) is 0 Å². The van der Waals surface area contributed by atoms with Crippen molar-refractivity contribution in [3.8, 4) is 0 Å². The lowest BCUT2D eigenvalue weighted by Crippen LogP contribution is -2.68. The van der Waals surface area contributed by atoms with E-state index in [1.54, 1.807) is 0 Å². The second-order valence-electron chi connectivity index (χ2n) is 8.52. The van der Waals surface area contributed by atoms with E-state index in [0.29, 0.717) is 18.3 Å².